The Morgan fingerprint density at radius 1 is 1.18 bits per heavy atom. The zero-order valence-corrected chi connectivity index (χ0v) is 13.9. The number of anilines is 1. The van der Waals surface area contributed by atoms with Crippen LogP contribution in [-0.2, 0) is 6.42 Å². The van der Waals surface area contributed by atoms with Crippen LogP contribution in [-0.4, -0.2) is 47.6 Å². The van der Waals surface area contributed by atoms with Crippen LogP contribution in [0.25, 0.3) is 5.03 Å². The third-order valence-corrected chi connectivity index (χ3v) is 6.06. The van der Waals surface area contributed by atoms with Crippen LogP contribution in [0, 0.1) is 5.41 Å². The van der Waals surface area contributed by atoms with Crippen molar-refractivity contribution in [2.24, 2.45) is 5.41 Å². The Kier molecular flexibility index (Phi) is 3.61. The van der Waals surface area contributed by atoms with E-state index in [1.165, 1.54) is 38.9 Å². The van der Waals surface area contributed by atoms with Crippen molar-refractivity contribution in [3.05, 3.63) is 23.7 Å². The summed E-state index contributed by atoms with van der Waals surface area (Å²) in [6, 6.07) is 0. The van der Waals surface area contributed by atoms with Gasteiger partial charge in [-0.15, -0.1) is 0 Å². The van der Waals surface area contributed by atoms with Gasteiger partial charge in [-0.1, -0.05) is 24.6 Å². The Labute approximate surface area is 137 Å². The molecule has 1 aromatic rings. The Bertz CT molecular complexity index is 605. The van der Waals surface area contributed by atoms with Crippen LogP contribution >= 0.6 is 11.6 Å². The summed E-state index contributed by atoms with van der Waals surface area (Å²) in [4.78, 5) is 14.0. The average Bonchev–Trinajstić information content (AvgIpc) is 3.13. The van der Waals surface area contributed by atoms with Gasteiger partial charge in [0.1, 0.15) is 12.1 Å². The number of nitrogens with zero attached hydrogens (tertiary/aromatic N) is 4. The highest BCUT2D eigenvalue weighted by atomic mass is 35.5. The van der Waals surface area contributed by atoms with Crippen molar-refractivity contribution in [1.82, 2.24) is 14.9 Å². The number of rotatable bonds is 2. The molecule has 1 aliphatic carbocycles. The molecular weight excluding hydrogens is 296 g/mol. The normalized spacial score (nSPS) is 23.9. The molecule has 2 aliphatic heterocycles. The summed E-state index contributed by atoms with van der Waals surface area (Å²) in [7, 11) is 0. The van der Waals surface area contributed by atoms with Crippen molar-refractivity contribution in [3.8, 4) is 0 Å². The van der Waals surface area contributed by atoms with Gasteiger partial charge in [-0.05, 0) is 44.3 Å². The first-order valence-corrected chi connectivity index (χ1v) is 8.76. The quantitative estimate of drug-likeness (QED) is 0.839. The highest BCUT2D eigenvalue weighted by Gasteiger charge is 2.41. The van der Waals surface area contributed by atoms with Gasteiger partial charge in [-0.2, -0.15) is 0 Å². The number of piperidine rings is 1. The van der Waals surface area contributed by atoms with Crippen molar-refractivity contribution in [1.29, 1.82) is 0 Å². The van der Waals surface area contributed by atoms with E-state index < -0.39 is 0 Å². The zero-order chi connectivity index (χ0) is 15.2. The van der Waals surface area contributed by atoms with Crippen molar-refractivity contribution in [2.45, 2.75) is 32.6 Å². The lowest BCUT2D eigenvalue weighted by molar-refractivity contribution is 0.125. The van der Waals surface area contributed by atoms with Gasteiger partial charge < -0.3 is 9.80 Å². The SMILES string of the molecule is CCN1CCC2(CC1)CCN(c1ncnc3c1C(Cl)=CC3)C2. The Hall–Kier alpha value is -1.13. The highest BCUT2D eigenvalue weighted by Crippen LogP contribution is 2.44. The van der Waals surface area contributed by atoms with E-state index in [9.17, 15) is 0 Å². The fourth-order valence-corrected chi connectivity index (χ4v) is 4.48. The van der Waals surface area contributed by atoms with Gasteiger partial charge in [0.05, 0.1) is 11.3 Å². The number of fused-ring (bicyclic) bond motifs is 1. The molecule has 3 heterocycles. The molecule has 0 atom stereocenters. The molecule has 1 aromatic heterocycles. The summed E-state index contributed by atoms with van der Waals surface area (Å²) in [5.74, 6) is 1.05. The standard InChI is InChI=1S/C17H23ClN4/c1-2-21-8-5-17(6-9-21)7-10-22(11-17)16-15-13(18)3-4-14(15)19-12-20-16/h3,12H,2,4-11H2,1H3. The predicted molar refractivity (Wildman–Crippen MR) is 90.2 cm³/mol. The molecule has 2 saturated heterocycles. The van der Waals surface area contributed by atoms with Crippen molar-refractivity contribution >= 4 is 22.5 Å². The molecule has 4 rings (SSSR count). The molecule has 0 bridgehead atoms. The fourth-order valence-electron chi connectivity index (χ4n) is 4.21. The van der Waals surface area contributed by atoms with Gasteiger partial charge in [0.25, 0.3) is 0 Å². The Balaban J connectivity index is 1.55. The zero-order valence-electron chi connectivity index (χ0n) is 13.2. The van der Waals surface area contributed by atoms with E-state index >= 15 is 0 Å². The van der Waals surface area contributed by atoms with E-state index in [2.05, 4.69) is 32.8 Å². The van der Waals surface area contributed by atoms with E-state index in [0.717, 1.165) is 41.6 Å². The van der Waals surface area contributed by atoms with E-state index in [4.69, 9.17) is 11.6 Å². The second-order valence-corrected chi connectivity index (χ2v) is 7.29. The highest BCUT2D eigenvalue weighted by molar-refractivity contribution is 6.49. The number of hydrogen-bond donors (Lipinski definition) is 0. The summed E-state index contributed by atoms with van der Waals surface area (Å²) in [5, 5.41) is 0.826. The molecule has 0 amide bonds. The second-order valence-electron chi connectivity index (χ2n) is 6.88. The van der Waals surface area contributed by atoms with Crippen molar-refractivity contribution in [3.63, 3.8) is 0 Å². The minimum atomic E-state index is 0.484. The second kappa shape index (κ2) is 5.50. The van der Waals surface area contributed by atoms with E-state index in [-0.39, 0.29) is 0 Å². The minimum Gasteiger partial charge on any atom is -0.355 e. The molecule has 1 spiro atoms. The first-order chi connectivity index (χ1) is 10.7. The summed E-state index contributed by atoms with van der Waals surface area (Å²) in [6.45, 7) is 8.15. The summed E-state index contributed by atoms with van der Waals surface area (Å²) < 4.78 is 0. The van der Waals surface area contributed by atoms with Gasteiger partial charge in [0.15, 0.2) is 0 Å². The van der Waals surface area contributed by atoms with Crippen molar-refractivity contribution in [2.75, 3.05) is 37.6 Å². The third kappa shape index (κ3) is 2.33. The molecule has 118 valence electrons. The first kappa shape index (κ1) is 14.5. The topological polar surface area (TPSA) is 32.3 Å². The molecule has 0 unspecified atom stereocenters. The first-order valence-electron chi connectivity index (χ1n) is 8.38. The van der Waals surface area contributed by atoms with Gasteiger partial charge >= 0.3 is 0 Å². The van der Waals surface area contributed by atoms with Crippen LogP contribution in [0.4, 0.5) is 5.82 Å². The summed E-state index contributed by atoms with van der Waals surface area (Å²) >= 11 is 6.39. The van der Waals surface area contributed by atoms with Crippen LogP contribution in [0.2, 0.25) is 0 Å². The lowest BCUT2D eigenvalue weighted by atomic mass is 9.78. The van der Waals surface area contributed by atoms with Gasteiger partial charge in [-0.3, -0.25) is 0 Å². The third-order valence-electron chi connectivity index (χ3n) is 5.72. The van der Waals surface area contributed by atoms with Crippen LogP contribution in [0.5, 0.6) is 0 Å². The van der Waals surface area contributed by atoms with Gasteiger partial charge in [0, 0.05) is 24.5 Å². The van der Waals surface area contributed by atoms with E-state index in [0.29, 0.717) is 5.41 Å². The molecular formula is C17H23ClN4. The number of hydrogen-bond acceptors (Lipinski definition) is 4. The van der Waals surface area contributed by atoms with Crippen molar-refractivity contribution < 1.29 is 0 Å². The van der Waals surface area contributed by atoms with E-state index in [1.54, 1.807) is 6.33 Å². The Morgan fingerprint density at radius 3 is 2.73 bits per heavy atom. The maximum absolute atomic E-state index is 6.39. The van der Waals surface area contributed by atoms with Gasteiger partial charge in [0.2, 0.25) is 0 Å². The molecule has 4 nitrogen and oxygen atoms in total. The fraction of sp³-hybridized carbons (Fsp3) is 0.647. The smallest absolute Gasteiger partial charge is 0.141 e. The number of likely N-dealkylation sites (tertiary alicyclic amines) is 1. The predicted octanol–water partition coefficient (Wildman–Crippen LogP) is 2.92. The monoisotopic (exact) mass is 318 g/mol. The van der Waals surface area contributed by atoms with Crippen LogP contribution < -0.4 is 4.90 Å². The molecule has 0 aromatic carbocycles. The summed E-state index contributed by atoms with van der Waals surface area (Å²) in [6.07, 6.45) is 8.50. The number of aromatic nitrogens is 2. The molecule has 0 radical (unpaired) electrons. The average molecular weight is 319 g/mol. The maximum atomic E-state index is 6.39. The minimum absolute atomic E-state index is 0.484. The molecule has 0 N–H and O–H groups in total. The molecule has 5 heteroatoms. The molecule has 22 heavy (non-hydrogen) atoms. The number of halogens is 1. The van der Waals surface area contributed by atoms with E-state index in [1.807, 2.05) is 0 Å². The Morgan fingerprint density at radius 2 is 1.95 bits per heavy atom. The maximum Gasteiger partial charge on any atom is 0.141 e. The molecule has 3 aliphatic rings. The largest absolute Gasteiger partial charge is 0.355 e. The van der Waals surface area contributed by atoms with Crippen LogP contribution in [0.1, 0.15) is 37.4 Å². The number of allylic oxidation sites excluding steroid dienone is 1. The lowest BCUT2D eigenvalue weighted by Gasteiger charge is -2.39. The summed E-state index contributed by atoms with van der Waals surface area (Å²) in [5.41, 5.74) is 2.64. The van der Waals surface area contributed by atoms with Crippen LogP contribution in [0.15, 0.2) is 12.4 Å². The lowest BCUT2D eigenvalue weighted by Crippen LogP contribution is -2.41. The van der Waals surface area contributed by atoms with Crippen LogP contribution in [0.3, 0.4) is 0 Å². The molecule has 2 fully saturated rings. The van der Waals surface area contributed by atoms with Gasteiger partial charge in [-0.25, -0.2) is 9.97 Å². The molecule has 0 saturated carbocycles.